The molecule has 5 heteroatoms. The minimum atomic E-state index is -3.43. The maximum absolute atomic E-state index is 11.9. The number of carbonyl (C=O) groups is 1. The van der Waals surface area contributed by atoms with Crippen LogP contribution in [-0.4, -0.2) is 20.7 Å². The van der Waals surface area contributed by atoms with Crippen molar-refractivity contribution in [3.05, 3.63) is 29.8 Å². The molecule has 0 heterocycles. The lowest BCUT2D eigenvalue weighted by Crippen LogP contribution is -2.24. The van der Waals surface area contributed by atoms with Gasteiger partial charge in [0.25, 0.3) is 0 Å². The molecule has 0 fully saturated rings. The number of sulfonamides is 1. The lowest BCUT2D eigenvalue weighted by atomic mass is 9.95. The number of benzene rings is 1. The average molecular weight is 283 g/mol. The van der Waals surface area contributed by atoms with E-state index in [0.717, 1.165) is 12.0 Å². The van der Waals surface area contributed by atoms with Crippen LogP contribution in [0.25, 0.3) is 0 Å². The number of hydrogen-bond donors (Lipinski definition) is 1. The summed E-state index contributed by atoms with van der Waals surface area (Å²) in [6, 6.07) is 6.51. The number of ketones is 1. The second-order valence-electron chi connectivity index (χ2n) is 4.51. The Morgan fingerprint density at radius 3 is 2.26 bits per heavy atom. The van der Waals surface area contributed by atoms with Gasteiger partial charge in [0.1, 0.15) is 5.78 Å². The minimum absolute atomic E-state index is 0.153. The molecule has 1 N–H and O–H groups in total. The van der Waals surface area contributed by atoms with Crippen LogP contribution in [0.2, 0.25) is 0 Å². The van der Waals surface area contributed by atoms with Crippen molar-refractivity contribution in [1.29, 1.82) is 0 Å². The number of hydrogen-bond acceptors (Lipinski definition) is 3. The average Bonchev–Trinajstić information content (AvgIpc) is 2.43. The van der Waals surface area contributed by atoms with Crippen LogP contribution in [0, 0.1) is 0 Å². The molecule has 19 heavy (non-hydrogen) atoms. The van der Waals surface area contributed by atoms with E-state index in [2.05, 4.69) is 4.72 Å². The number of nitrogens with one attached hydrogen (secondary N) is 1. The van der Waals surface area contributed by atoms with Crippen LogP contribution in [0.4, 0.5) is 0 Å². The molecule has 1 aromatic carbocycles. The maximum atomic E-state index is 11.9. The van der Waals surface area contributed by atoms with Gasteiger partial charge in [-0.15, -0.1) is 0 Å². The standard InChI is InChI=1S/C14H21NO3S/c1-4-10-15-19(17,18)13-8-6-12(7-9-13)11(3)14(16)5-2/h6-9,11,15H,4-5,10H2,1-3H3. The second kappa shape index (κ2) is 6.82. The molecule has 1 rings (SSSR count). The van der Waals surface area contributed by atoms with Gasteiger partial charge >= 0.3 is 0 Å². The van der Waals surface area contributed by atoms with Crippen molar-refractivity contribution >= 4 is 15.8 Å². The quantitative estimate of drug-likeness (QED) is 0.836. The summed E-state index contributed by atoms with van der Waals surface area (Å²) < 4.78 is 26.3. The van der Waals surface area contributed by atoms with Crippen LogP contribution >= 0.6 is 0 Å². The smallest absolute Gasteiger partial charge is 0.240 e. The van der Waals surface area contributed by atoms with E-state index in [9.17, 15) is 13.2 Å². The molecule has 0 bridgehead atoms. The van der Waals surface area contributed by atoms with Gasteiger partial charge in [-0.05, 0) is 24.1 Å². The molecule has 0 radical (unpaired) electrons. The molecule has 4 nitrogen and oxygen atoms in total. The van der Waals surface area contributed by atoms with Gasteiger partial charge in [-0.3, -0.25) is 4.79 Å². The lowest BCUT2D eigenvalue weighted by Gasteiger charge is -2.11. The van der Waals surface area contributed by atoms with Crippen molar-refractivity contribution in [2.45, 2.75) is 44.4 Å². The Bertz CT molecular complexity index is 520. The topological polar surface area (TPSA) is 63.2 Å². The Morgan fingerprint density at radius 2 is 1.79 bits per heavy atom. The largest absolute Gasteiger partial charge is 0.299 e. The Morgan fingerprint density at radius 1 is 1.21 bits per heavy atom. The summed E-state index contributed by atoms with van der Waals surface area (Å²) >= 11 is 0. The van der Waals surface area contributed by atoms with Gasteiger partial charge in [0, 0.05) is 18.9 Å². The third-order valence-electron chi connectivity index (χ3n) is 3.06. The first-order chi connectivity index (χ1) is 8.92. The van der Waals surface area contributed by atoms with Crippen molar-refractivity contribution in [3.8, 4) is 0 Å². The van der Waals surface area contributed by atoms with E-state index in [-0.39, 0.29) is 16.6 Å². The Hall–Kier alpha value is -1.20. The third-order valence-corrected chi connectivity index (χ3v) is 4.54. The van der Waals surface area contributed by atoms with E-state index < -0.39 is 10.0 Å². The summed E-state index contributed by atoms with van der Waals surface area (Å²) in [5.74, 6) is -0.0370. The molecule has 0 aliphatic rings. The molecule has 1 aromatic rings. The summed E-state index contributed by atoms with van der Waals surface area (Å²) in [7, 11) is -3.43. The van der Waals surface area contributed by atoms with Crippen LogP contribution in [0.1, 0.15) is 45.1 Å². The third kappa shape index (κ3) is 4.14. The highest BCUT2D eigenvalue weighted by Crippen LogP contribution is 2.19. The Kier molecular flexibility index (Phi) is 5.69. The zero-order valence-electron chi connectivity index (χ0n) is 11.6. The van der Waals surface area contributed by atoms with Crippen LogP contribution in [-0.2, 0) is 14.8 Å². The molecular weight excluding hydrogens is 262 g/mol. The number of rotatable bonds is 7. The minimum Gasteiger partial charge on any atom is -0.299 e. The van der Waals surface area contributed by atoms with Crippen molar-refractivity contribution in [2.24, 2.45) is 0 Å². The number of Topliss-reactive ketones (excluding diaryl/α,β-unsaturated/α-hetero) is 1. The molecule has 0 aliphatic carbocycles. The van der Waals surface area contributed by atoms with E-state index in [1.807, 2.05) is 20.8 Å². The summed E-state index contributed by atoms with van der Waals surface area (Å²) in [6.45, 7) is 6.00. The molecule has 1 atom stereocenters. The van der Waals surface area contributed by atoms with Crippen LogP contribution in [0.3, 0.4) is 0 Å². The zero-order valence-corrected chi connectivity index (χ0v) is 12.5. The SMILES string of the molecule is CCCNS(=O)(=O)c1ccc(C(C)C(=O)CC)cc1. The summed E-state index contributed by atoms with van der Waals surface area (Å²) in [5.41, 5.74) is 0.848. The number of carbonyl (C=O) groups excluding carboxylic acids is 1. The molecule has 0 aromatic heterocycles. The highest BCUT2D eigenvalue weighted by molar-refractivity contribution is 7.89. The maximum Gasteiger partial charge on any atom is 0.240 e. The Labute approximate surface area is 115 Å². The molecule has 0 saturated carbocycles. The zero-order chi connectivity index (χ0) is 14.5. The second-order valence-corrected chi connectivity index (χ2v) is 6.28. The van der Waals surface area contributed by atoms with Crippen molar-refractivity contribution in [2.75, 3.05) is 6.54 Å². The van der Waals surface area contributed by atoms with Gasteiger partial charge in [-0.1, -0.05) is 32.9 Å². The fourth-order valence-corrected chi connectivity index (χ4v) is 2.88. The van der Waals surface area contributed by atoms with Crippen molar-refractivity contribution in [1.82, 2.24) is 4.72 Å². The monoisotopic (exact) mass is 283 g/mol. The molecule has 1 unspecified atom stereocenters. The van der Waals surface area contributed by atoms with Gasteiger partial charge in [-0.25, -0.2) is 13.1 Å². The van der Waals surface area contributed by atoms with E-state index >= 15 is 0 Å². The fraction of sp³-hybridized carbons (Fsp3) is 0.500. The van der Waals surface area contributed by atoms with E-state index in [1.54, 1.807) is 24.3 Å². The first-order valence-electron chi connectivity index (χ1n) is 6.54. The summed E-state index contributed by atoms with van der Waals surface area (Å²) in [6.07, 6.45) is 1.23. The van der Waals surface area contributed by atoms with E-state index in [1.165, 1.54) is 0 Å². The van der Waals surface area contributed by atoms with E-state index in [4.69, 9.17) is 0 Å². The summed E-state index contributed by atoms with van der Waals surface area (Å²) in [4.78, 5) is 11.8. The van der Waals surface area contributed by atoms with Gasteiger partial charge in [0.05, 0.1) is 4.90 Å². The van der Waals surface area contributed by atoms with E-state index in [0.29, 0.717) is 13.0 Å². The molecule has 106 valence electrons. The predicted octanol–water partition coefficient (Wildman–Crippen LogP) is 2.46. The highest BCUT2D eigenvalue weighted by atomic mass is 32.2. The van der Waals surface area contributed by atoms with Crippen LogP contribution in [0.15, 0.2) is 29.2 Å². The van der Waals surface area contributed by atoms with Crippen LogP contribution in [0.5, 0.6) is 0 Å². The first-order valence-corrected chi connectivity index (χ1v) is 8.03. The van der Waals surface area contributed by atoms with Gasteiger partial charge < -0.3 is 0 Å². The molecular formula is C14H21NO3S. The molecule has 0 amide bonds. The lowest BCUT2D eigenvalue weighted by molar-refractivity contribution is -0.119. The normalized spacial score (nSPS) is 13.2. The van der Waals surface area contributed by atoms with Crippen LogP contribution < -0.4 is 4.72 Å². The predicted molar refractivity (Wildman–Crippen MR) is 75.6 cm³/mol. The molecule has 0 saturated heterocycles. The Balaban J connectivity index is 2.90. The highest BCUT2D eigenvalue weighted by Gasteiger charge is 2.16. The van der Waals surface area contributed by atoms with Crippen molar-refractivity contribution in [3.63, 3.8) is 0 Å². The molecule has 0 aliphatic heterocycles. The van der Waals surface area contributed by atoms with Gasteiger partial charge in [0.15, 0.2) is 0 Å². The first kappa shape index (κ1) is 15.9. The van der Waals surface area contributed by atoms with Gasteiger partial charge in [0.2, 0.25) is 10.0 Å². The fourth-order valence-electron chi connectivity index (χ4n) is 1.75. The molecule has 0 spiro atoms. The van der Waals surface area contributed by atoms with Gasteiger partial charge in [-0.2, -0.15) is 0 Å². The summed E-state index contributed by atoms with van der Waals surface area (Å²) in [5, 5.41) is 0. The van der Waals surface area contributed by atoms with Crippen molar-refractivity contribution < 1.29 is 13.2 Å².